The van der Waals surface area contributed by atoms with Gasteiger partial charge >= 0.3 is 5.97 Å². The number of sulfonamides is 1. The average Bonchev–Trinajstić information content (AvgIpc) is 2.27. The standard InChI is InChI=1S/C10H11ClN2O5S/c11-6-1-3-7(4-2-6)19(17,18)13-8(10(15)16)5-9(12)14/h1-4,8,13H,5H2,(H2,12,14)(H,15,16)/t8-/m1/s1. The van der Waals surface area contributed by atoms with Crippen molar-refractivity contribution in [2.45, 2.75) is 17.4 Å². The molecule has 7 nitrogen and oxygen atoms in total. The van der Waals surface area contributed by atoms with Crippen LogP contribution in [0.1, 0.15) is 6.42 Å². The van der Waals surface area contributed by atoms with E-state index in [4.69, 9.17) is 22.4 Å². The number of primary amides is 1. The van der Waals surface area contributed by atoms with Crippen LogP contribution in [0, 0.1) is 0 Å². The lowest BCUT2D eigenvalue weighted by atomic mass is 10.2. The van der Waals surface area contributed by atoms with Gasteiger partial charge in [-0.1, -0.05) is 11.6 Å². The lowest BCUT2D eigenvalue weighted by Crippen LogP contribution is -2.43. The molecule has 0 bridgehead atoms. The van der Waals surface area contributed by atoms with Gasteiger partial charge in [0, 0.05) is 5.02 Å². The van der Waals surface area contributed by atoms with E-state index < -0.39 is 34.4 Å². The van der Waals surface area contributed by atoms with Gasteiger partial charge in [-0.05, 0) is 24.3 Å². The van der Waals surface area contributed by atoms with Crippen molar-refractivity contribution in [1.82, 2.24) is 4.72 Å². The Morgan fingerprint density at radius 2 is 1.84 bits per heavy atom. The fourth-order valence-corrected chi connectivity index (χ4v) is 2.56. The van der Waals surface area contributed by atoms with Gasteiger partial charge in [-0.25, -0.2) is 8.42 Å². The Morgan fingerprint density at radius 3 is 2.26 bits per heavy atom. The first kappa shape index (κ1) is 15.4. The number of hydrogen-bond donors (Lipinski definition) is 3. The molecule has 1 aromatic rings. The number of hydrogen-bond acceptors (Lipinski definition) is 4. The minimum Gasteiger partial charge on any atom is -0.480 e. The van der Waals surface area contributed by atoms with Crippen molar-refractivity contribution < 1.29 is 23.1 Å². The van der Waals surface area contributed by atoms with Gasteiger partial charge in [0.2, 0.25) is 15.9 Å². The summed E-state index contributed by atoms with van der Waals surface area (Å²) in [5.74, 6) is -2.41. The molecule has 0 saturated carbocycles. The summed E-state index contributed by atoms with van der Waals surface area (Å²) in [5, 5.41) is 9.16. The molecule has 1 aromatic carbocycles. The van der Waals surface area contributed by atoms with Crippen molar-refractivity contribution in [2.75, 3.05) is 0 Å². The van der Waals surface area contributed by atoms with E-state index in [1.54, 1.807) is 0 Å². The normalized spacial score (nSPS) is 12.9. The maximum atomic E-state index is 11.9. The number of carboxylic acid groups (broad SMARTS) is 1. The number of rotatable bonds is 6. The molecule has 0 radical (unpaired) electrons. The van der Waals surface area contributed by atoms with Crippen molar-refractivity contribution in [3.63, 3.8) is 0 Å². The molecule has 0 aliphatic rings. The molecule has 104 valence electrons. The molecule has 0 saturated heterocycles. The zero-order valence-electron chi connectivity index (χ0n) is 9.54. The molecule has 1 rings (SSSR count). The van der Waals surface area contributed by atoms with Crippen LogP contribution in [0.2, 0.25) is 5.02 Å². The van der Waals surface area contributed by atoms with Crippen LogP contribution in [0.15, 0.2) is 29.2 Å². The molecular formula is C10H11ClN2O5S. The summed E-state index contributed by atoms with van der Waals surface area (Å²) >= 11 is 5.62. The van der Waals surface area contributed by atoms with Gasteiger partial charge in [0.25, 0.3) is 0 Å². The molecule has 0 heterocycles. The Balaban J connectivity index is 2.97. The third-order valence-electron chi connectivity index (χ3n) is 2.12. The Hall–Kier alpha value is -1.64. The second-order valence-electron chi connectivity index (χ2n) is 3.64. The first-order valence-corrected chi connectivity index (χ1v) is 6.87. The zero-order valence-corrected chi connectivity index (χ0v) is 11.1. The second kappa shape index (κ2) is 6.00. The Morgan fingerprint density at radius 1 is 1.32 bits per heavy atom. The topological polar surface area (TPSA) is 127 Å². The second-order valence-corrected chi connectivity index (χ2v) is 5.79. The summed E-state index contributed by atoms with van der Waals surface area (Å²) in [6, 6.07) is 3.51. The lowest BCUT2D eigenvalue weighted by molar-refractivity contribution is -0.140. The van der Waals surface area contributed by atoms with Crippen molar-refractivity contribution >= 4 is 33.5 Å². The summed E-state index contributed by atoms with van der Waals surface area (Å²) < 4.78 is 25.6. The molecule has 1 atom stereocenters. The Kier molecular flexibility index (Phi) is 4.87. The van der Waals surface area contributed by atoms with E-state index >= 15 is 0 Å². The molecular weight excluding hydrogens is 296 g/mol. The molecule has 1 amide bonds. The number of aliphatic carboxylic acids is 1. The number of nitrogens with two attached hydrogens (primary N) is 1. The van der Waals surface area contributed by atoms with Gasteiger partial charge in [-0.15, -0.1) is 0 Å². The van der Waals surface area contributed by atoms with Crippen LogP contribution in [0.25, 0.3) is 0 Å². The number of carbonyl (C=O) groups excluding carboxylic acids is 1. The monoisotopic (exact) mass is 306 g/mol. The van der Waals surface area contributed by atoms with E-state index in [-0.39, 0.29) is 4.90 Å². The summed E-state index contributed by atoms with van der Waals surface area (Å²) in [6.45, 7) is 0. The summed E-state index contributed by atoms with van der Waals surface area (Å²) in [6.07, 6.45) is -0.637. The van der Waals surface area contributed by atoms with Gasteiger partial charge in [0.05, 0.1) is 11.3 Å². The fourth-order valence-electron chi connectivity index (χ4n) is 1.25. The molecule has 19 heavy (non-hydrogen) atoms. The Bertz CT molecular complexity index is 584. The van der Waals surface area contributed by atoms with Crippen molar-refractivity contribution in [3.8, 4) is 0 Å². The number of benzene rings is 1. The number of carboxylic acids is 1. The van der Waals surface area contributed by atoms with E-state index in [9.17, 15) is 18.0 Å². The summed E-state index contributed by atoms with van der Waals surface area (Å²) in [4.78, 5) is 21.4. The van der Waals surface area contributed by atoms with Crippen LogP contribution in [0.4, 0.5) is 0 Å². The molecule has 4 N–H and O–H groups in total. The van der Waals surface area contributed by atoms with E-state index in [1.807, 2.05) is 4.72 Å². The average molecular weight is 307 g/mol. The van der Waals surface area contributed by atoms with Crippen molar-refractivity contribution in [3.05, 3.63) is 29.3 Å². The minimum atomic E-state index is -4.06. The van der Waals surface area contributed by atoms with Crippen LogP contribution in [0.5, 0.6) is 0 Å². The van der Waals surface area contributed by atoms with Gasteiger partial charge in [0.1, 0.15) is 6.04 Å². The molecule has 0 aliphatic heterocycles. The van der Waals surface area contributed by atoms with E-state index in [2.05, 4.69) is 0 Å². The van der Waals surface area contributed by atoms with Gasteiger partial charge in [-0.3, -0.25) is 9.59 Å². The zero-order chi connectivity index (χ0) is 14.6. The van der Waals surface area contributed by atoms with Crippen LogP contribution in [0.3, 0.4) is 0 Å². The van der Waals surface area contributed by atoms with Gasteiger partial charge < -0.3 is 10.8 Å². The summed E-state index contributed by atoms with van der Waals surface area (Å²) in [5.41, 5.74) is 4.85. The highest BCUT2D eigenvalue weighted by Gasteiger charge is 2.26. The maximum Gasteiger partial charge on any atom is 0.322 e. The minimum absolute atomic E-state index is 0.160. The van der Waals surface area contributed by atoms with Gasteiger partial charge in [-0.2, -0.15) is 4.72 Å². The number of amides is 1. The molecule has 0 spiro atoms. The quantitative estimate of drug-likeness (QED) is 0.679. The van der Waals surface area contributed by atoms with Crippen molar-refractivity contribution in [2.24, 2.45) is 5.73 Å². The third kappa shape index (κ3) is 4.51. The van der Waals surface area contributed by atoms with Crippen molar-refractivity contribution in [1.29, 1.82) is 0 Å². The van der Waals surface area contributed by atoms with Crippen LogP contribution in [-0.2, 0) is 19.6 Å². The molecule has 9 heteroatoms. The predicted octanol–water partition coefficient (Wildman–Crippen LogP) is -0.0531. The SMILES string of the molecule is NC(=O)C[C@@H](NS(=O)(=O)c1ccc(Cl)cc1)C(=O)O. The van der Waals surface area contributed by atoms with Crippen LogP contribution >= 0.6 is 11.6 Å². The van der Waals surface area contributed by atoms with Crippen LogP contribution in [-0.4, -0.2) is 31.4 Å². The molecule has 0 aliphatic carbocycles. The third-order valence-corrected chi connectivity index (χ3v) is 3.86. The summed E-state index contributed by atoms with van der Waals surface area (Å²) in [7, 11) is -4.06. The predicted molar refractivity (Wildman–Crippen MR) is 67.0 cm³/mol. The van der Waals surface area contributed by atoms with E-state index in [0.717, 1.165) is 0 Å². The highest BCUT2D eigenvalue weighted by Crippen LogP contribution is 2.14. The maximum absolute atomic E-state index is 11.9. The highest BCUT2D eigenvalue weighted by atomic mass is 35.5. The molecule has 0 unspecified atom stereocenters. The lowest BCUT2D eigenvalue weighted by Gasteiger charge is -2.13. The van der Waals surface area contributed by atoms with Crippen LogP contribution < -0.4 is 10.5 Å². The van der Waals surface area contributed by atoms with Gasteiger partial charge in [0.15, 0.2) is 0 Å². The highest BCUT2D eigenvalue weighted by molar-refractivity contribution is 7.89. The first-order chi connectivity index (χ1) is 8.72. The Labute approximate surface area is 114 Å². The van der Waals surface area contributed by atoms with E-state index in [1.165, 1.54) is 24.3 Å². The smallest absolute Gasteiger partial charge is 0.322 e. The fraction of sp³-hybridized carbons (Fsp3) is 0.200. The number of carbonyl (C=O) groups is 2. The number of halogens is 1. The molecule has 0 aromatic heterocycles. The largest absolute Gasteiger partial charge is 0.480 e. The molecule has 0 fully saturated rings. The van der Waals surface area contributed by atoms with E-state index in [0.29, 0.717) is 5.02 Å². The first-order valence-electron chi connectivity index (χ1n) is 5.01. The number of nitrogens with one attached hydrogen (secondary N) is 1.